The molecule has 25 heavy (non-hydrogen) atoms. The zero-order chi connectivity index (χ0) is 17.6. The molecule has 128 valence electrons. The Balaban J connectivity index is 1.84. The number of carbonyl (C=O) groups is 1. The molecule has 3 rings (SSSR count). The Bertz CT molecular complexity index is 852. The number of benzene rings is 2. The summed E-state index contributed by atoms with van der Waals surface area (Å²) in [7, 11) is 0. The molecule has 0 aliphatic carbocycles. The molecule has 0 fully saturated rings. The smallest absolute Gasteiger partial charge is 0.186 e. The van der Waals surface area contributed by atoms with Crippen LogP contribution in [0.4, 0.5) is 5.13 Å². The maximum Gasteiger partial charge on any atom is 0.186 e. The molecule has 0 N–H and O–H groups in total. The van der Waals surface area contributed by atoms with Crippen LogP contribution in [0.25, 0.3) is 11.3 Å². The van der Waals surface area contributed by atoms with Gasteiger partial charge < -0.3 is 9.69 Å². The van der Waals surface area contributed by atoms with Crippen molar-refractivity contribution in [1.82, 2.24) is 4.98 Å². The number of aromatic nitrogens is 1. The van der Waals surface area contributed by atoms with Gasteiger partial charge in [0.25, 0.3) is 0 Å². The molecule has 0 aliphatic rings. The van der Waals surface area contributed by atoms with Gasteiger partial charge in [-0.05, 0) is 17.7 Å². The van der Waals surface area contributed by atoms with Gasteiger partial charge in [-0.2, -0.15) is 0 Å². The standard InChI is InChI=1S/C19H16Cl2N2OS/c20-16-8-7-15(11-17(16)21)18-13-25-19(22-18)23(9-4-10-24)12-14-5-2-1-3-6-14/h1-3,5-8,10-11,13H,4,9,12H2. The fraction of sp³-hybridized carbons (Fsp3) is 0.158. The van der Waals surface area contributed by atoms with E-state index in [1.165, 1.54) is 5.56 Å². The SMILES string of the molecule is O=CCCN(Cc1ccccc1)c1nc(-c2ccc(Cl)c(Cl)c2)cs1. The van der Waals surface area contributed by atoms with Crippen LogP contribution in [0, 0.1) is 0 Å². The molecule has 0 aliphatic heterocycles. The van der Waals surface area contributed by atoms with E-state index in [4.69, 9.17) is 28.2 Å². The third-order valence-corrected chi connectivity index (χ3v) is 5.35. The maximum atomic E-state index is 10.8. The molecule has 0 radical (unpaired) electrons. The van der Waals surface area contributed by atoms with Crippen LogP contribution in [-0.4, -0.2) is 17.8 Å². The summed E-state index contributed by atoms with van der Waals surface area (Å²) in [4.78, 5) is 17.7. The highest BCUT2D eigenvalue weighted by Crippen LogP contribution is 2.32. The summed E-state index contributed by atoms with van der Waals surface area (Å²) in [6.45, 7) is 1.34. The van der Waals surface area contributed by atoms with Crippen LogP contribution in [0.2, 0.25) is 10.0 Å². The lowest BCUT2D eigenvalue weighted by Gasteiger charge is -2.21. The van der Waals surface area contributed by atoms with Crippen molar-refractivity contribution in [3.05, 3.63) is 69.5 Å². The summed E-state index contributed by atoms with van der Waals surface area (Å²) >= 11 is 13.6. The van der Waals surface area contributed by atoms with Crippen LogP contribution in [0.5, 0.6) is 0 Å². The highest BCUT2D eigenvalue weighted by Gasteiger charge is 2.13. The lowest BCUT2D eigenvalue weighted by molar-refractivity contribution is -0.107. The normalized spacial score (nSPS) is 10.6. The van der Waals surface area contributed by atoms with E-state index in [9.17, 15) is 4.79 Å². The zero-order valence-electron chi connectivity index (χ0n) is 13.4. The van der Waals surface area contributed by atoms with Crippen LogP contribution in [-0.2, 0) is 11.3 Å². The first-order chi connectivity index (χ1) is 12.2. The largest absolute Gasteiger partial charge is 0.343 e. The molecule has 0 amide bonds. The fourth-order valence-electron chi connectivity index (χ4n) is 2.45. The van der Waals surface area contributed by atoms with Gasteiger partial charge in [0.05, 0.1) is 15.7 Å². The number of halogens is 2. The molecule has 0 saturated heterocycles. The fourth-order valence-corrected chi connectivity index (χ4v) is 3.61. The molecule has 0 atom stereocenters. The molecule has 0 unspecified atom stereocenters. The molecular weight excluding hydrogens is 375 g/mol. The van der Waals surface area contributed by atoms with Gasteiger partial charge in [0, 0.05) is 30.5 Å². The average Bonchev–Trinajstić information content (AvgIpc) is 3.12. The monoisotopic (exact) mass is 390 g/mol. The van der Waals surface area contributed by atoms with Gasteiger partial charge in [0.15, 0.2) is 5.13 Å². The van der Waals surface area contributed by atoms with Crippen molar-refractivity contribution in [1.29, 1.82) is 0 Å². The van der Waals surface area contributed by atoms with Crippen molar-refractivity contribution in [3.8, 4) is 11.3 Å². The third kappa shape index (κ3) is 4.60. The highest BCUT2D eigenvalue weighted by atomic mass is 35.5. The average molecular weight is 391 g/mol. The Kier molecular flexibility index (Phi) is 6.08. The maximum absolute atomic E-state index is 10.8. The van der Waals surface area contributed by atoms with E-state index >= 15 is 0 Å². The van der Waals surface area contributed by atoms with E-state index in [-0.39, 0.29) is 0 Å². The van der Waals surface area contributed by atoms with Crippen molar-refractivity contribution in [2.75, 3.05) is 11.4 Å². The van der Waals surface area contributed by atoms with Crippen molar-refractivity contribution in [2.45, 2.75) is 13.0 Å². The van der Waals surface area contributed by atoms with Gasteiger partial charge in [-0.1, -0.05) is 59.6 Å². The number of nitrogens with zero attached hydrogens (tertiary/aromatic N) is 2. The van der Waals surface area contributed by atoms with Crippen molar-refractivity contribution in [3.63, 3.8) is 0 Å². The molecule has 2 aromatic carbocycles. The predicted octanol–water partition coefficient (Wildman–Crippen LogP) is 5.71. The molecule has 3 aromatic rings. The van der Waals surface area contributed by atoms with Crippen LogP contribution < -0.4 is 4.90 Å². The summed E-state index contributed by atoms with van der Waals surface area (Å²) in [5.41, 5.74) is 2.95. The number of carbonyl (C=O) groups excluding carboxylic acids is 1. The first-order valence-electron chi connectivity index (χ1n) is 7.81. The Morgan fingerprint density at radius 3 is 2.60 bits per heavy atom. The van der Waals surface area contributed by atoms with E-state index in [1.807, 2.05) is 35.7 Å². The van der Waals surface area contributed by atoms with Crippen LogP contribution in [0.3, 0.4) is 0 Å². The highest BCUT2D eigenvalue weighted by molar-refractivity contribution is 7.14. The Morgan fingerprint density at radius 1 is 1.08 bits per heavy atom. The van der Waals surface area contributed by atoms with Crippen LogP contribution in [0.15, 0.2) is 53.9 Å². The molecule has 0 saturated carbocycles. The molecular formula is C19H16Cl2N2OS. The summed E-state index contributed by atoms with van der Waals surface area (Å²) in [5.74, 6) is 0. The minimum atomic E-state index is 0.467. The number of hydrogen-bond acceptors (Lipinski definition) is 4. The van der Waals surface area contributed by atoms with E-state index in [0.29, 0.717) is 29.6 Å². The van der Waals surface area contributed by atoms with Gasteiger partial charge in [-0.3, -0.25) is 0 Å². The van der Waals surface area contributed by atoms with E-state index in [1.54, 1.807) is 17.4 Å². The number of anilines is 1. The van der Waals surface area contributed by atoms with Crippen molar-refractivity contribution >= 4 is 46.0 Å². The summed E-state index contributed by atoms with van der Waals surface area (Å²) in [6.07, 6.45) is 1.40. The quantitative estimate of drug-likeness (QED) is 0.484. The van der Waals surface area contributed by atoms with Gasteiger partial charge in [0.1, 0.15) is 6.29 Å². The summed E-state index contributed by atoms with van der Waals surface area (Å²) in [6, 6.07) is 15.6. The number of hydrogen-bond donors (Lipinski definition) is 0. The second kappa shape index (κ2) is 8.48. The topological polar surface area (TPSA) is 33.2 Å². The molecule has 0 spiro atoms. The third-order valence-electron chi connectivity index (χ3n) is 3.71. The first kappa shape index (κ1) is 17.9. The Labute approximate surface area is 160 Å². The van der Waals surface area contributed by atoms with E-state index in [2.05, 4.69) is 17.0 Å². The molecule has 3 nitrogen and oxygen atoms in total. The second-order valence-electron chi connectivity index (χ2n) is 5.51. The van der Waals surface area contributed by atoms with Crippen molar-refractivity contribution < 1.29 is 4.79 Å². The lowest BCUT2D eigenvalue weighted by atomic mass is 10.2. The molecule has 1 aromatic heterocycles. The molecule has 6 heteroatoms. The molecule has 1 heterocycles. The summed E-state index contributed by atoms with van der Waals surface area (Å²) < 4.78 is 0. The molecule has 0 bridgehead atoms. The predicted molar refractivity (Wildman–Crippen MR) is 106 cm³/mol. The zero-order valence-corrected chi connectivity index (χ0v) is 15.7. The summed E-state index contributed by atoms with van der Waals surface area (Å²) in [5, 5.41) is 3.91. The van der Waals surface area contributed by atoms with E-state index < -0.39 is 0 Å². The minimum absolute atomic E-state index is 0.467. The van der Waals surface area contributed by atoms with Gasteiger partial charge in [0.2, 0.25) is 0 Å². The van der Waals surface area contributed by atoms with E-state index in [0.717, 1.165) is 22.7 Å². The van der Waals surface area contributed by atoms with Gasteiger partial charge in [-0.25, -0.2) is 4.98 Å². The van der Waals surface area contributed by atoms with Gasteiger partial charge in [-0.15, -0.1) is 11.3 Å². The van der Waals surface area contributed by atoms with Gasteiger partial charge >= 0.3 is 0 Å². The minimum Gasteiger partial charge on any atom is -0.343 e. The Morgan fingerprint density at radius 2 is 1.88 bits per heavy atom. The Hall–Kier alpha value is -1.88. The van der Waals surface area contributed by atoms with Crippen LogP contribution in [0.1, 0.15) is 12.0 Å². The second-order valence-corrected chi connectivity index (χ2v) is 7.16. The number of rotatable bonds is 7. The first-order valence-corrected chi connectivity index (χ1v) is 9.44. The number of thiazole rings is 1. The van der Waals surface area contributed by atoms with Crippen LogP contribution >= 0.6 is 34.5 Å². The number of aldehydes is 1. The van der Waals surface area contributed by atoms with Crippen molar-refractivity contribution in [2.24, 2.45) is 0 Å². The lowest BCUT2D eigenvalue weighted by Crippen LogP contribution is -2.24.